The summed E-state index contributed by atoms with van der Waals surface area (Å²) in [5, 5.41) is 2.46. The predicted molar refractivity (Wildman–Crippen MR) is 65.4 cm³/mol. The molecule has 0 spiro atoms. The second-order valence-electron chi connectivity index (χ2n) is 3.48. The molecule has 0 fully saturated rings. The smallest absolute Gasteiger partial charge is 0.251 e. The molecule has 4 heteroatoms. The zero-order valence-corrected chi connectivity index (χ0v) is 9.72. The van der Waals surface area contributed by atoms with Crippen LogP contribution in [0.25, 0.3) is 0 Å². The minimum absolute atomic E-state index is 0.0243. The number of alkyl halides is 1. The third kappa shape index (κ3) is 3.89. The summed E-state index contributed by atoms with van der Waals surface area (Å²) in [7, 11) is 0. The summed E-state index contributed by atoms with van der Waals surface area (Å²) >= 11 is 0. The molecule has 0 atom stereocenters. The predicted octanol–water partition coefficient (Wildman–Crippen LogP) is 1.00. The van der Waals surface area contributed by atoms with Crippen LogP contribution in [-0.2, 0) is 0 Å². The summed E-state index contributed by atoms with van der Waals surface area (Å²) in [6.45, 7) is 1.63. The van der Waals surface area contributed by atoms with Gasteiger partial charge in [0.25, 0.3) is 5.91 Å². The molecule has 3 nitrogen and oxygen atoms in total. The number of halogens is 1. The fraction of sp³-hybridized carbons (Fsp3) is 0.308. The third-order valence-corrected chi connectivity index (χ3v) is 2.20. The van der Waals surface area contributed by atoms with Gasteiger partial charge in [-0.15, -0.1) is 0 Å². The molecular weight excluding hydrogens is 219 g/mol. The molecule has 1 rings (SSSR count). The topological polar surface area (TPSA) is 55.1 Å². The number of hydrogen-bond donors (Lipinski definition) is 2. The van der Waals surface area contributed by atoms with Gasteiger partial charge in [0.2, 0.25) is 0 Å². The Morgan fingerprint density at radius 1 is 1.53 bits per heavy atom. The van der Waals surface area contributed by atoms with E-state index < -0.39 is 6.67 Å². The van der Waals surface area contributed by atoms with E-state index in [2.05, 4.69) is 17.2 Å². The maximum Gasteiger partial charge on any atom is 0.251 e. The quantitative estimate of drug-likeness (QED) is 0.767. The Balaban J connectivity index is 2.91. The van der Waals surface area contributed by atoms with Crippen molar-refractivity contribution >= 4 is 5.91 Å². The number of amides is 1. The van der Waals surface area contributed by atoms with E-state index in [1.54, 1.807) is 12.1 Å². The van der Waals surface area contributed by atoms with Gasteiger partial charge in [0.05, 0.1) is 6.54 Å². The number of nitrogens with two attached hydrogens (primary N) is 1. The zero-order chi connectivity index (χ0) is 12.7. The average molecular weight is 234 g/mol. The Bertz CT molecular complexity index is 460. The van der Waals surface area contributed by atoms with Crippen molar-refractivity contribution in [2.45, 2.75) is 6.92 Å². The molecule has 1 aromatic rings. The highest BCUT2D eigenvalue weighted by Crippen LogP contribution is 2.10. The van der Waals surface area contributed by atoms with Gasteiger partial charge < -0.3 is 11.1 Å². The van der Waals surface area contributed by atoms with Crippen LogP contribution in [0.15, 0.2) is 18.2 Å². The van der Waals surface area contributed by atoms with Crippen molar-refractivity contribution in [1.29, 1.82) is 0 Å². The van der Waals surface area contributed by atoms with Crippen LogP contribution in [0, 0.1) is 18.8 Å². The van der Waals surface area contributed by atoms with Crippen LogP contribution < -0.4 is 11.1 Å². The normalized spacial score (nSPS) is 9.35. The van der Waals surface area contributed by atoms with Crippen LogP contribution >= 0.6 is 0 Å². The van der Waals surface area contributed by atoms with Gasteiger partial charge in [-0.3, -0.25) is 4.79 Å². The highest BCUT2D eigenvalue weighted by Gasteiger charge is 2.06. The molecule has 1 amide bonds. The first-order chi connectivity index (χ1) is 8.19. The van der Waals surface area contributed by atoms with E-state index in [9.17, 15) is 9.18 Å². The van der Waals surface area contributed by atoms with Crippen molar-refractivity contribution in [2.24, 2.45) is 5.73 Å². The summed E-state index contributed by atoms with van der Waals surface area (Å²) < 4.78 is 11.9. The summed E-state index contributed by atoms with van der Waals surface area (Å²) in [6.07, 6.45) is 0. The maximum absolute atomic E-state index is 11.9. The molecule has 0 bridgehead atoms. The molecule has 90 valence electrons. The molecule has 1 aromatic carbocycles. The lowest BCUT2D eigenvalue weighted by molar-refractivity contribution is 0.0951. The summed E-state index contributed by atoms with van der Waals surface area (Å²) in [5.41, 5.74) is 7.52. The van der Waals surface area contributed by atoms with Gasteiger partial charge >= 0.3 is 0 Å². The number of nitrogens with one attached hydrogen (secondary N) is 1. The van der Waals surface area contributed by atoms with Gasteiger partial charge in [-0.1, -0.05) is 17.9 Å². The average Bonchev–Trinajstić information content (AvgIpc) is 2.35. The first kappa shape index (κ1) is 13.2. The van der Waals surface area contributed by atoms with Gasteiger partial charge in [0.15, 0.2) is 0 Å². The van der Waals surface area contributed by atoms with Gasteiger partial charge in [0, 0.05) is 17.7 Å². The Hall–Kier alpha value is -1.86. The first-order valence-corrected chi connectivity index (χ1v) is 5.32. The van der Waals surface area contributed by atoms with Crippen LogP contribution in [0.3, 0.4) is 0 Å². The highest BCUT2D eigenvalue weighted by molar-refractivity contribution is 5.94. The van der Waals surface area contributed by atoms with Crippen LogP contribution in [0.2, 0.25) is 0 Å². The Morgan fingerprint density at radius 2 is 2.29 bits per heavy atom. The summed E-state index contributed by atoms with van der Waals surface area (Å²) in [6, 6.07) is 5.19. The lowest BCUT2D eigenvalue weighted by Crippen LogP contribution is -2.25. The number of rotatable bonds is 3. The minimum atomic E-state index is -0.572. The van der Waals surface area contributed by atoms with E-state index in [4.69, 9.17) is 5.73 Å². The lowest BCUT2D eigenvalue weighted by Gasteiger charge is -2.05. The molecule has 17 heavy (non-hydrogen) atoms. The molecule has 0 radical (unpaired) electrons. The second-order valence-corrected chi connectivity index (χ2v) is 3.48. The second kappa shape index (κ2) is 6.66. The molecule has 0 heterocycles. The van der Waals surface area contributed by atoms with Crippen molar-refractivity contribution < 1.29 is 9.18 Å². The van der Waals surface area contributed by atoms with Crippen LogP contribution in [0.4, 0.5) is 4.39 Å². The van der Waals surface area contributed by atoms with Gasteiger partial charge in [0.1, 0.15) is 6.67 Å². The Morgan fingerprint density at radius 3 is 2.94 bits per heavy atom. The van der Waals surface area contributed by atoms with E-state index in [1.807, 2.05) is 13.0 Å². The zero-order valence-electron chi connectivity index (χ0n) is 9.72. The molecule has 0 unspecified atom stereocenters. The molecule has 0 aliphatic heterocycles. The van der Waals surface area contributed by atoms with E-state index in [-0.39, 0.29) is 19.0 Å². The lowest BCUT2D eigenvalue weighted by atomic mass is 10.0. The monoisotopic (exact) mass is 234 g/mol. The first-order valence-electron chi connectivity index (χ1n) is 5.32. The van der Waals surface area contributed by atoms with Crippen molar-refractivity contribution in [3.8, 4) is 11.8 Å². The van der Waals surface area contributed by atoms with Crippen LogP contribution in [-0.4, -0.2) is 25.7 Å². The number of benzene rings is 1. The molecule has 0 aliphatic carbocycles. The Labute approximate surface area is 100 Å². The van der Waals surface area contributed by atoms with E-state index in [0.717, 1.165) is 11.1 Å². The third-order valence-electron chi connectivity index (χ3n) is 2.20. The number of aryl methyl sites for hydroxylation is 1. The molecular formula is C13H15FN2O. The summed E-state index contributed by atoms with van der Waals surface area (Å²) in [5.74, 6) is 5.34. The fourth-order valence-corrected chi connectivity index (χ4v) is 1.31. The molecule has 0 saturated carbocycles. The van der Waals surface area contributed by atoms with Gasteiger partial charge in [-0.25, -0.2) is 4.39 Å². The van der Waals surface area contributed by atoms with E-state index >= 15 is 0 Å². The standard InChI is InChI=1S/C13H15FN2O/c1-10-4-5-12(13(17)16-8-6-14)9-11(10)3-2-7-15/h4-5,9H,6-8,15H2,1H3,(H,16,17). The van der Waals surface area contributed by atoms with Crippen molar-refractivity contribution in [2.75, 3.05) is 19.8 Å². The van der Waals surface area contributed by atoms with Gasteiger partial charge in [-0.2, -0.15) is 0 Å². The number of carbonyl (C=O) groups excluding carboxylic acids is 1. The van der Waals surface area contributed by atoms with Crippen molar-refractivity contribution in [1.82, 2.24) is 5.32 Å². The van der Waals surface area contributed by atoms with Crippen molar-refractivity contribution in [3.05, 3.63) is 34.9 Å². The molecule has 3 N–H and O–H groups in total. The Kier molecular flexibility index (Phi) is 5.18. The molecule has 0 aliphatic rings. The van der Waals surface area contributed by atoms with Crippen molar-refractivity contribution in [3.63, 3.8) is 0 Å². The minimum Gasteiger partial charge on any atom is -0.349 e. The fourth-order valence-electron chi connectivity index (χ4n) is 1.31. The van der Waals surface area contributed by atoms with E-state index in [0.29, 0.717) is 5.56 Å². The van der Waals surface area contributed by atoms with Crippen LogP contribution in [0.5, 0.6) is 0 Å². The maximum atomic E-state index is 11.9. The molecule has 0 aromatic heterocycles. The molecule has 0 saturated heterocycles. The van der Waals surface area contributed by atoms with Gasteiger partial charge in [-0.05, 0) is 24.6 Å². The SMILES string of the molecule is Cc1ccc(C(=O)NCCF)cc1C#CCN. The van der Waals surface area contributed by atoms with E-state index in [1.165, 1.54) is 0 Å². The largest absolute Gasteiger partial charge is 0.349 e. The summed E-state index contributed by atoms with van der Waals surface area (Å²) in [4.78, 5) is 11.6. The number of hydrogen-bond acceptors (Lipinski definition) is 2. The van der Waals surface area contributed by atoms with Crippen LogP contribution in [0.1, 0.15) is 21.5 Å². The highest BCUT2D eigenvalue weighted by atomic mass is 19.1. The number of carbonyl (C=O) groups is 1.